The predicted molar refractivity (Wildman–Crippen MR) is 189 cm³/mol. The highest BCUT2D eigenvalue weighted by Crippen LogP contribution is 2.16. The van der Waals surface area contributed by atoms with Crippen molar-refractivity contribution in [1.29, 1.82) is 0 Å². The Morgan fingerprint density at radius 1 is 0.980 bits per heavy atom. The number of aliphatic imine (C=N–C) groups is 2. The highest BCUT2D eigenvalue weighted by atomic mass is 19.4. The van der Waals surface area contributed by atoms with Gasteiger partial charge >= 0.3 is 12.3 Å². The number of nitrogens with two attached hydrogens (primary N) is 2. The summed E-state index contributed by atoms with van der Waals surface area (Å²) in [4.78, 5) is 37.0. The molecule has 1 saturated heterocycles. The van der Waals surface area contributed by atoms with E-state index in [1.54, 1.807) is 41.3 Å². The number of nitrogen functional groups attached to an aromatic ring is 1. The molecule has 5 N–H and O–H groups in total. The average molecular weight is 720 g/mol. The van der Waals surface area contributed by atoms with Crippen LogP contribution in [0.1, 0.15) is 43.6 Å². The van der Waals surface area contributed by atoms with E-state index in [1.165, 1.54) is 6.92 Å². The largest absolute Gasteiger partial charge is 0.490 e. The molecule has 1 unspecified atom stereocenters. The molecule has 280 valence electrons. The van der Waals surface area contributed by atoms with E-state index in [2.05, 4.69) is 24.9 Å². The van der Waals surface area contributed by atoms with Gasteiger partial charge in [-0.25, -0.2) is 4.79 Å². The highest BCUT2D eigenvalue weighted by molar-refractivity contribution is 5.94. The van der Waals surface area contributed by atoms with Crippen LogP contribution in [0.3, 0.4) is 0 Å². The molecule has 0 radical (unpaired) electrons. The van der Waals surface area contributed by atoms with Crippen LogP contribution in [-0.4, -0.2) is 111 Å². The fourth-order valence-corrected chi connectivity index (χ4v) is 4.60. The molecule has 1 fully saturated rings. The number of ether oxygens (including phenoxy) is 4. The Morgan fingerprint density at radius 3 is 2.25 bits per heavy atom. The fraction of sp³-hybridized carbons (Fsp3) is 0.486. The third-order valence-corrected chi connectivity index (χ3v) is 7.16. The van der Waals surface area contributed by atoms with E-state index in [-0.39, 0.29) is 50.2 Å². The predicted octanol–water partition coefficient (Wildman–Crippen LogP) is 4.38. The molecule has 0 bridgehead atoms. The third kappa shape index (κ3) is 16.6. The first-order valence-corrected chi connectivity index (χ1v) is 16.4. The van der Waals surface area contributed by atoms with Crippen LogP contribution in [0.2, 0.25) is 0 Å². The van der Waals surface area contributed by atoms with Crippen LogP contribution < -0.4 is 21.5 Å². The standard InChI is InChI=1S/C35H48F3N7O6/c1-25(43-32(40)50-24-35(36,37)38)41-21-26-7-13-29(14-8-26)48-19-5-6-20-49-30(22-42-31(46)27-9-11-28(39)12-10-27)23-44-15-17-45(18-16-44)33(47)51-34(2,3)4/h5-14,30H,15-24,39H2,1-4H3,(H,42,46)(H2,40,41,43)/b6-5+. The number of halogens is 3. The minimum absolute atomic E-state index is 0.176. The van der Waals surface area contributed by atoms with Crippen molar-refractivity contribution >= 4 is 29.5 Å². The molecule has 2 aromatic rings. The maximum absolute atomic E-state index is 12.7. The lowest BCUT2D eigenvalue weighted by molar-refractivity contribution is -0.156. The number of amidine groups is 2. The lowest BCUT2D eigenvalue weighted by atomic mass is 10.2. The van der Waals surface area contributed by atoms with Crippen molar-refractivity contribution in [3.63, 3.8) is 0 Å². The quantitative estimate of drug-likeness (QED) is 0.111. The van der Waals surface area contributed by atoms with Gasteiger partial charge in [0, 0.05) is 50.5 Å². The molecular weight excluding hydrogens is 671 g/mol. The Hall–Kier alpha value is -4.83. The second-order valence-electron chi connectivity index (χ2n) is 12.7. The van der Waals surface area contributed by atoms with E-state index in [0.29, 0.717) is 49.7 Å². The summed E-state index contributed by atoms with van der Waals surface area (Å²) in [5.74, 6) is 0.569. The average Bonchev–Trinajstić information content (AvgIpc) is 3.06. The zero-order valence-electron chi connectivity index (χ0n) is 29.4. The van der Waals surface area contributed by atoms with Crippen LogP contribution >= 0.6 is 0 Å². The summed E-state index contributed by atoms with van der Waals surface area (Å²) in [6.45, 7) is 9.48. The van der Waals surface area contributed by atoms with Crippen molar-refractivity contribution in [2.45, 2.75) is 52.1 Å². The van der Waals surface area contributed by atoms with E-state index in [4.69, 9.17) is 25.7 Å². The summed E-state index contributed by atoms with van der Waals surface area (Å²) in [6, 6.07) is 13.2. The molecule has 1 atom stereocenters. The van der Waals surface area contributed by atoms with E-state index in [0.717, 1.165) is 5.56 Å². The van der Waals surface area contributed by atoms with Gasteiger partial charge in [0.1, 0.15) is 23.8 Å². The lowest BCUT2D eigenvalue weighted by Crippen LogP contribution is -2.52. The molecule has 0 aromatic heterocycles. The zero-order valence-corrected chi connectivity index (χ0v) is 29.4. The van der Waals surface area contributed by atoms with E-state index < -0.39 is 24.4 Å². The Balaban J connectivity index is 1.46. The number of nitrogens with one attached hydrogen (secondary N) is 1. The Bertz CT molecular complexity index is 1490. The van der Waals surface area contributed by atoms with Gasteiger partial charge in [0.25, 0.3) is 11.9 Å². The van der Waals surface area contributed by atoms with Crippen LogP contribution in [-0.2, 0) is 20.8 Å². The number of hydrogen-bond acceptors (Lipinski definition) is 9. The summed E-state index contributed by atoms with van der Waals surface area (Å²) in [5, 5.41) is 2.94. The number of carbonyl (C=O) groups is 2. The summed E-state index contributed by atoms with van der Waals surface area (Å²) < 4.78 is 58.5. The smallest absolute Gasteiger partial charge is 0.422 e. The zero-order chi connectivity index (χ0) is 37.4. The number of piperazine rings is 1. The van der Waals surface area contributed by atoms with Gasteiger partial charge in [-0.1, -0.05) is 18.2 Å². The molecule has 0 spiro atoms. The molecular formula is C35H48F3N7O6. The van der Waals surface area contributed by atoms with Gasteiger partial charge in [0.05, 0.1) is 19.3 Å². The number of anilines is 1. The van der Waals surface area contributed by atoms with Gasteiger partial charge in [-0.15, -0.1) is 0 Å². The third-order valence-electron chi connectivity index (χ3n) is 7.16. The van der Waals surface area contributed by atoms with Crippen molar-refractivity contribution < 1.29 is 41.7 Å². The number of benzene rings is 2. The maximum atomic E-state index is 12.7. The van der Waals surface area contributed by atoms with Gasteiger partial charge in [-0.05, 0) is 75.7 Å². The number of alkyl halides is 3. The summed E-state index contributed by atoms with van der Waals surface area (Å²) in [5.41, 5.74) is 12.4. The Labute approximate surface area is 296 Å². The van der Waals surface area contributed by atoms with Gasteiger partial charge in [0.15, 0.2) is 6.61 Å². The number of carbonyl (C=O) groups excluding carboxylic acids is 2. The Kier molecular flexibility index (Phi) is 15.5. The topological polar surface area (TPSA) is 166 Å². The number of nitrogens with zero attached hydrogens (tertiary/aromatic N) is 4. The molecule has 16 heteroatoms. The number of amides is 2. The SMILES string of the molecule is CC(=NCc1ccc(OC/C=C/COC(CNC(=O)c2ccc(N)cc2)CN2CCN(C(=O)OC(C)(C)C)CC2)cc1)N=C(N)OCC(F)(F)F. The highest BCUT2D eigenvalue weighted by Gasteiger charge is 2.29. The monoisotopic (exact) mass is 719 g/mol. The second kappa shape index (κ2) is 19.5. The second-order valence-corrected chi connectivity index (χ2v) is 12.7. The first-order valence-electron chi connectivity index (χ1n) is 16.4. The van der Waals surface area contributed by atoms with Crippen molar-refractivity contribution in [1.82, 2.24) is 15.1 Å². The molecule has 1 heterocycles. The van der Waals surface area contributed by atoms with Gasteiger partial charge in [-0.2, -0.15) is 18.2 Å². The van der Waals surface area contributed by atoms with Crippen LogP contribution in [0, 0.1) is 0 Å². The van der Waals surface area contributed by atoms with Crippen molar-refractivity contribution in [2.24, 2.45) is 15.7 Å². The first-order chi connectivity index (χ1) is 24.1. The molecule has 13 nitrogen and oxygen atoms in total. The molecule has 0 aliphatic carbocycles. The molecule has 2 aromatic carbocycles. The van der Waals surface area contributed by atoms with Crippen molar-refractivity contribution in [3.8, 4) is 5.75 Å². The molecule has 1 aliphatic rings. The van der Waals surface area contributed by atoms with Crippen LogP contribution in [0.5, 0.6) is 5.75 Å². The van der Waals surface area contributed by atoms with Crippen molar-refractivity contribution in [2.75, 3.05) is 64.8 Å². The van der Waals surface area contributed by atoms with E-state index in [1.807, 2.05) is 45.1 Å². The Morgan fingerprint density at radius 2 is 1.63 bits per heavy atom. The molecule has 2 amide bonds. The first kappa shape index (κ1) is 40.6. The number of hydrogen-bond donors (Lipinski definition) is 3. The van der Waals surface area contributed by atoms with Crippen LogP contribution in [0.4, 0.5) is 23.7 Å². The summed E-state index contributed by atoms with van der Waals surface area (Å²) >= 11 is 0. The van der Waals surface area contributed by atoms with Gasteiger partial charge in [0.2, 0.25) is 0 Å². The normalized spacial score (nSPS) is 15.5. The number of rotatable bonds is 14. The summed E-state index contributed by atoms with van der Waals surface area (Å²) in [6.07, 6.45) is -1.49. The van der Waals surface area contributed by atoms with E-state index >= 15 is 0 Å². The molecule has 0 saturated carbocycles. The van der Waals surface area contributed by atoms with Crippen molar-refractivity contribution in [3.05, 3.63) is 71.8 Å². The minimum atomic E-state index is -4.51. The molecule has 51 heavy (non-hydrogen) atoms. The fourth-order valence-electron chi connectivity index (χ4n) is 4.60. The molecule has 3 rings (SSSR count). The molecule has 1 aliphatic heterocycles. The lowest BCUT2D eigenvalue weighted by Gasteiger charge is -2.37. The summed E-state index contributed by atoms with van der Waals surface area (Å²) in [7, 11) is 0. The van der Waals surface area contributed by atoms with Crippen LogP contribution in [0.15, 0.2) is 70.7 Å². The van der Waals surface area contributed by atoms with Crippen LogP contribution in [0.25, 0.3) is 0 Å². The maximum Gasteiger partial charge on any atom is 0.422 e. The minimum Gasteiger partial charge on any atom is -0.490 e. The van der Waals surface area contributed by atoms with E-state index in [9.17, 15) is 22.8 Å². The van der Waals surface area contributed by atoms with Gasteiger partial charge < -0.3 is 40.6 Å². The van der Waals surface area contributed by atoms with Gasteiger partial charge in [-0.3, -0.25) is 14.7 Å².